The second-order valence-electron chi connectivity index (χ2n) is 10.8. The number of aromatic nitrogens is 1. The van der Waals surface area contributed by atoms with Gasteiger partial charge in [-0.3, -0.25) is 4.79 Å². The van der Waals surface area contributed by atoms with Crippen LogP contribution >= 0.6 is 11.6 Å². The number of halogens is 3. The molecule has 0 bridgehead atoms. The van der Waals surface area contributed by atoms with E-state index in [2.05, 4.69) is 5.32 Å². The number of aromatic carboxylic acids is 1. The van der Waals surface area contributed by atoms with Gasteiger partial charge in [-0.25, -0.2) is 18.4 Å². The minimum atomic E-state index is -1.48. The number of hydrogen-bond donors (Lipinski definition) is 2. The first-order valence-electron chi connectivity index (χ1n) is 11.5. The molecule has 2 N–H and O–H groups in total. The minimum Gasteiger partial charge on any atom is -0.477 e. The van der Waals surface area contributed by atoms with Crippen molar-refractivity contribution in [3.8, 4) is 0 Å². The van der Waals surface area contributed by atoms with Gasteiger partial charge >= 0.3 is 12.1 Å². The first-order chi connectivity index (χ1) is 16.3. The van der Waals surface area contributed by atoms with Gasteiger partial charge in [-0.2, -0.15) is 0 Å². The zero-order valence-corrected chi connectivity index (χ0v) is 20.3. The molecule has 1 saturated heterocycles. The van der Waals surface area contributed by atoms with Crippen LogP contribution in [0.2, 0.25) is 5.02 Å². The standard InChI is InChI=1S/C24H26ClF2N3O5/c1-23(2,3)35-22(34)28-16-9-29(10-24(16)4-5-24)19-14(27)6-11-18(17(19)25)30(15-7-13(15)26)8-12(20(11)31)21(32)33/h6,8,13,15-16H,4-5,7,9-10H2,1-3H3,(H,28,34)(H,32,33)/t13-,15+,16-/m0/s1. The van der Waals surface area contributed by atoms with Crippen LogP contribution in [0.1, 0.15) is 56.4 Å². The number of anilines is 1. The largest absolute Gasteiger partial charge is 0.477 e. The molecule has 2 saturated carbocycles. The number of carboxylic acids is 1. The summed E-state index contributed by atoms with van der Waals surface area (Å²) in [5.74, 6) is -2.26. The van der Waals surface area contributed by atoms with Gasteiger partial charge < -0.3 is 24.6 Å². The maximum Gasteiger partial charge on any atom is 0.407 e. The number of nitrogens with zero attached hydrogens (tertiary/aromatic N) is 2. The van der Waals surface area contributed by atoms with Crippen LogP contribution in [-0.4, -0.2) is 52.6 Å². The molecule has 3 fully saturated rings. The quantitative estimate of drug-likeness (QED) is 0.638. The van der Waals surface area contributed by atoms with E-state index in [4.69, 9.17) is 16.3 Å². The number of fused-ring (bicyclic) bond motifs is 1. The molecule has 188 valence electrons. The molecule has 8 nitrogen and oxygen atoms in total. The molecule has 35 heavy (non-hydrogen) atoms. The Hall–Kier alpha value is -2.88. The number of ether oxygens (including phenoxy) is 1. The van der Waals surface area contributed by atoms with Gasteiger partial charge in [0.1, 0.15) is 23.2 Å². The number of carbonyl (C=O) groups is 2. The lowest BCUT2D eigenvalue weighted by molar-refractivity contribution is 0.0493. The van der Waals surface area contributed by atoms with Crippen molar-refractivity contribution in [3.05, 3.63) is 38.9 Å². The first kappa shape index (κ1) is 23.8. The normalized spacial score (nSPS) is 24.6. The van der Waals surface area contributed by atoms with Crippen molar-refractivity contribution < 1.29 is 28.2 Å². The number of carboxylic acid groups (broad SMARTS) is 1. The summed E-state index contributed by atoms with van der Waals surface area (Å²) in [6, 6.07) is 0.00623. The summed E-state index contributed by atoms with van der Waals surface area (Å²) in [5.41, 5.74) is -2.20. The van der Waals surface area contributed by atoms with Crippen LogP contribution in [0.4, 0.5) is 19.3 Å². The Labute approximate surface area is 204 Å². The monoisotopic (exact) mass is 509 g/mol. The van der Waals surface area contributed by atoms with Crippen LogP contribution in [-0.2, 0) is 4.74 Å². The minimum absolute atomic E-state index is 0.0474. The Morgan fingerprint density at radius 2 is 1.97 bits per heavy atom. The number of pyridine rings is 1. The molecule has 2 aliphatic carbocycles. The molecule has 3 aliphatic rings. The fourth-order valence-corrected chi connectivity index (χ4v) is 5.44. The molecule has 0 radical (unpaired) electrons. The molecular weight excluding hydrogens is 484 g/mol. The van der Waals surface area contributed by atoms with Gasteiger partial charge in [0.05, 0.1) is 33.7 Å². The Morgan fingerprint density at radius 3 is 2.51 bits per heavy atom. The maximum absolute atomic E-state index is 15.4. The van der Waals surface area contributed by atoms with E-state index in [1.807, 2.05) is 0 Å². The third-order valence-corrected chi connectivity index (χ3v) is 7.36. The number of hydrogen-bond acceptors (Lipinski definition) is 5. The van der Waals surface area contributed by atoms with Crippen LogP contribution in [0.5, 0.6) is 0 Å². The number of amides is 1. The molecule has 0 unspecified atom stereocenters. The summed E-state index contributed by atoms with van der Waals surface area (Å²) in [6.45, 7) is 6.00. The van der Waals surface area contributed by atoms with Crippen molar-refractivity contribution >= 4 is 40.3 Å². The van der Waals surface area contributed by atoms with Crippen molar-refractivity contribution in [3.63, 3.8) is 0 Å². The molecular formula is C24H26ClF2N3O5. The first-order valence-corrected chi connectivity index (χ1v) is 11.9. The molecule has 2 aromatic rings. The average molecular weight is 510 g/mol. The maximum atomic E-state index is 15.4. The van der Waals surface area contributed by atoms with E-state index in [1.54, 1.807) is 25.7 Å². The van der Waals surface area contributed by atoms with E-state index < -0.39 is 46.7 Å². The van der Waals surface area contributed by atoms with Gasteiger partial charge in [0, 0.05) is 31.1 Å². The fourth-order valence-electron chi connectivity index (χ4n) is 5.03. The SMILES string of the molecule is CC(C)(C)OC(=O)N[C@H]1CN(c2c(F)cc3c(=O)c(C(=O)O)cn([C@@H]4C[C@@H]4F)c3c2Cl)CC12CC2. The summed E-state index contributed by atoms with van der Waals surface area (Å²) in [7, 11) is 0. The molecule has 2 heterocycles. The van der Waals surface area contributed by atoms with Crippen molar-refractivity contribution in [1.82, 2.24) is 9.88 Å². The summed E-state index contributed by atoms with van der Waals surface area (Å²) in [5, 5.41) is 12.0. The average Bonchev–Trinajstić information content (AvgIpc) is 3.62. The molecule has 1 aromatic carbocycles. The van der Waals surface area contributed by atoms with E-state index in [-0.39, 0.29) is 46.0 Å². The number of alkyl carbamates (subject to hydrolysis) is 1. The second kappa shape index (κ2) is 7.81. The van der Waals surface area contributed by atoms with E-state index in [1.165, 1.54) is 4.57 Å². The van der Waals surface area contributed by atoms with Crippen LogP contribution in [0, 0.1) is 11.2 Å². The van der Waals surface area contributed by atoms with Crippen LogP contribution in [0.15, 0.2) is 17.1 Å². The van der Waals surface area contributed by atoms with Crippen LogP contribution in [0.3, 0.4) is 0 Å². The van der Waals surface area contributed by atoms with Crippen LogP contribution < -0.4 is 15.6 Å². The van der Waals surface area contributed by atoms with E-state index in [9.17, 15) is 23.9 Å². The van der Waals surface area contributed by atoms with Gasteiger partial charge in [-0.1, -0.05) is 11.6 Å². The molecule has 1 aromatic heterocycles. The highest BCUT2D eigenvalue weighted by molar-refractivity contribution is 6.38. The van der Waals surface area contributed by atoms with Crippen molar-refractivity contribution in [1.29, 1.82) is 0 Å². The molecule has 1 spiro atoms. The number of carbonyl (C=O) groups excluding carboxylic acids is 1. The lowest BCUT2D eigenvalue weighted by Gasteiger charge is -2.24. The Bertz CT molecular complexity index is 1320. The van der Waals surface area contributed by atoms with Gasteiger partial charge in [-0.05, 0) is 39.7 Å². The third-order valence-electron chi connectivity index (χ3n) is 7.00. The van der Waals surface area contributed by atoms with E-state index in [0.29, 0.717) is 6.54 Å². The predicted molar refractivity (Wildman–Crippen MR) is 126 cm³/mol. The van der Waals surface area contributed by atoms with E-state index >= 15 is 4.39 Å². The fraction of sp³-hybridized carbons (Fsp3) is 0.542. The highest BCUT2D eigenvalue weighted by atomic mass is 35.5. The summed E-state index contributed by atoms with van der Waals surface area (Å²) < 4.78 is 36.2. The zero-order chi connectivity index (χ0) is 25.4. The Kier molecular flexibility index (Phi) is 5.32. The molecule has 5 rings (SSSR count). The van der Waals surface area contributed by atoms with Crippen molar-refractivity contribution in [2.24, 2.45) is 5.41 Å². The molecule has 11 heteroatoms. The highest BCUT2D eigenvalue weighted by Crippen LogP contribution is 2.55. The van der Waals surface area contributed by atoms with Gasteiger partial charge in [0.25, 0.3) is 0 Å². The Morgan fingerprint density at radius 1 is 1.31 bits per heavy atom. The molecule has 1 amide bonds. The summed E-state index contributed by atoms with van der Waals surface area (Å²) in [4.78, 5) is 38.5. The van der Waals surface area contributed by atoms with Crippen molar-refractivity contribution in [2.45, 2.75) is 63.9 Å². The van der Waals surface area contributed by atoms with Crippen LogP contribution in [0.25, 0.3) is 10.9 Å². The third kappa shape index (κ3) is 4.11. The smallest absolute Gasteiger partial charge is 0.407 e. The highest BCUT2D eigenvalue weighted by Gasteiger charge is 2.56. The predicted octanol–water partition coefficient (Wildman–Crippen LogP) is 4.27. The summed E-state index contributed by atoms with van der Waals surface area (Å²) in [6.07, 6.45) is 1.15. The molecule has 1 aliphatic heterocycles. The van der Waals surface area contributed by atoms with Gasteiger partial charge in [0.2, 0.25) is 5.43 Å². The van der Waals surface area contributed by atoms with E-state index in [0.717, 1.165) is 25.1 Å². The zero-order valence-electron chi connectivity index (χ0n) is 19.5. The van der Waals surface area contributed by atoms with Crippen molar-refractivity contribution in [2.75, 3.05) is 18.0 Å². The Balaban J connectivity index is 1.55. The second-order valence-corrected chi connectivity index (χ2v) is 11.1. The van der Waals surface area contributed by atoms with Gasteiger partial charge in [-0.15, -0.1) is 0 Å². The number of rotatable bonds is 4. The number of benzene rings is 1. The number of alkyl halides is 1. The summed E-state index contributed by atoms with van der Waals surface area (Å²) >= 11 is 6.69. The topological polar surface area (TPSA) is 101 Å². The lowest BCUT2D eigenvalue weighted by atomic mass is 10.0. The van der Waals surface area contributed by atoms with Gasteiger partial charge in [0.15, 0.2) is 0 Å². The lowest BCUT2D eigenvalue weighted by Crippen LogP contribution is -2.44. The number of nitrogens with one attached hydrogen (secondary N) is 1. The molecule has 3 atom stereocenters.